The summed E-state index contributed by atoms with van der Waals surface area (Å²) in [5.41, 5.74) is 1.09. The Kier molecular flexibility index (Phi) is 2.34. The highest BCUT2D eigenvalue weighted by molar-refractivity contribution is 6.70. The lowest BCUT2D eigenvalue weighted by Gasteiger charge is -2.07. The molecule has 0 fully saturated rings. The van der Waals surface area contributed by atoms with E-state index in [1.165, 1.54) is 12.1 Å². The molecule has 2 nitrogen and oxygen atoms in total. The van der Waals surface area contributed by atoms with E-state index in [2.05, 4.69) is 4.99 Å². The highest BCUT2D eigenvalue weighted by atomic mass is 35.5. The van der Waals surface area contributed by atoms with Gasteiger partial charge in [-0.2, -0.15) is 0 Å². The van der Waals surface area contributed by atoms with E-state index in [4.69, 9.17) is 16.3 Å². The monoisotopic (exact) mass is 247 g/mol. The van der Waals surface area contributed by atoms with Crippen LogP contribution < -0.4 is 4.74 Å². The van der Waals surface area contributed by atoms with Crippen molar-refractivity contribution in [1.29, 1.82) is 0 Å². The fraction of sp³-hybridized carbons (Fsp3) is 0. The molecule has 0 spiro atoms. The molecular weight excluding hydrogens is 241 g/mol. The largest absolute Gasteiger partial charge is 0.454 e. The first-order valence-electron chi connectivity index (χ1n) is 5.05. The topological polar surface area (TPSA) is 21.6 Å². The van der Waals surface area contributed by atoms with Gasteiger partial charge in [0, 0.05) is 0 Å². The number of hydrogen-bond acceptors (Lipinski definition) is 2. The Morgan fingerprint density at radius 2 is 1.88 bits per heavy atom. The fourth-order valence-corrected chi connectivity index (χ4v) is 1.91. The summed E-state index contributed by atoms with van der Waals surface area (Å²) in [5, 5.41) is 0.226. The molecule has 84 valence electrons. The van der Waals surface area contributed by atoms with E-state index in [0.717, 1.165) is 0 Å². The molecule has 1 heterocycles. The highest BCUT2D eigenvalue weighted by Crippen LogP contribution is 2.38. The molecule has 0 saturated heterocycles. The number of fused-ring (bicyclic) bond motifs is 2. The molecule has 2 aromatic rings. The van der Waals surface area contributed by atoms with Gasteiger partial charge < -0.3 is 4.74 Å². The fourth-order valence-electron chi connectivity index (χ4n) is 1.67. The first-order chi connectivity index (χ1) is 8.24. The van der Waals surface area contributed by atoms with E-state index in [1.807, 2.05) is 12.1 Å². The van der Waals surface area contributed by atoms with E-state index in [-0.39, 0.29) is 11.0 Å². The van der Waals surface area contributed by atoms with Gasteiger partial charge in [-0.3, -0.25) is 0 Å². The SMILES string of the molecule is Fc1ccc2c(c1)C(Cl)=Nc1ccccc1O2. The van der Waals surface area contributed by atoms with Crippen molar-refractivity contribution in [2.45, 2.75) is 0 Å². The second-order valence-corrected chi connectivity index (χ2v) is 3.97. The molecule has 0 atom stereocenters. The minimum Gasteiger partial charge on any atom is -0.454 e. The number of halogens is 2. The van der Waals surface area contributed by atoms with Crippen molar-refractivity contribution in [1.82, 2.24) is 0 Å². The van der Waals surface area contributed by atoms with Crippen LogP contribution in [0, 0.1) is 5.82 Å². The van der Waals surface area contributed by atoms with Gasteiger partial charge in [-0.25, -0.2) is 9.38 Å². The second-order valence-electron chi connectivity index (χ2n) is 3.61. The van der Waals surface area contributed by atoms with Crippen LogP contribution in [0.25, 0.3) is 0 Å². The molecule has 4 heteroatoms. The van der Waals surface area contributed by atoms with Crippen LogP contribution >= 0.6 is 11.6 Å². The van der Waals surface area contributed by atoms with Gasteiger partial charge in [0.2, 0.25) is 0 Å². The number of hydrogen-bond donors (Lipinski definition) is 0. The zero-order valence-electron chi connectivity index (χ0n) is 8.65. The van der Waals surface area contributed by atoms with Gasteiger partial charge in [0.25, 0.3) is 0 Å². The lowest BCUT2D eigenvalue weighted by Crippen LogP contribution is -1.94. The van der Waals surface area contributed by atoms with Gasteiger partial charge in [0.1, 0.15) is 22.4 Å². The average Bonchev–Trinajstić information content (AvgIpc) is 2.46. The molecule has 17 heavy (non-hydrogen) atoms. The van der Waals surface area contributed by atoms with Crippen molar-refractivity contribution in [2.24, 2.45) is 4.99 Å². The summed E-state index contributed by atoms with van der Waals surface area (Å²) in [6.45, 7) is 0. The Balaban J connectivity index is 2.24. The van der Waals surface area contributed by atoms with Gasteiger partial charge in [0.05, 0.1) is 5.56 Å². The molecule has 0 amide bonds. The van der Waals surface area contributed by atoms with Crippen LogP contribution in [0.3, 0.4) is 0 Å². The van der Waals surface area contributed by atoms with Crippen LogP contribution in [-0.4, -0.2) is 5.17 Å². The number of rotatable bonds is 0. The molecule has 0 bridgehead atoms. The maximum atomic E-state index is 13.2. The third kappa shape index (κ3) is 1.78. The average molecular weight is 248 g/mol. The van der Waals surface area contributed by atoms with E-state index >= 15 is 0 Å². The summed E-state index contributed by atoms with van der Waals surface area (Å²) < 4.78 is 18.8. The Morgan fingerprint density at radius 1 is 1.06 bits per heavy atom. The number of benzene rings is 2. The first-order valence-corrected chi connectivity index (χ1v) is 5.43. The molecule has 1 aliphatic heterocycles. The quantitative estimate of drug-likeness (QED) is 0.682. The molecule has 3 rings (SSSR count). The van der Waals surface area contributed by atoms with Gasteiger partial charge in [0.15, 0.2) is 5.75 Å². The van der Waals surface area contributed by atoms with E-state index in [1.54, 1.807) is 18.2 Å². The summed E-state index contributed by atoms with van der Waals surface area (Å²) in [5.74, 6) is 0.743. The first kappa shape index (κ1) is 10.3. The normalized spacial score (nSPS) is 12.9. The van der Waals surface area contributed by atoms with Crippen molar-refractivity contribution < 1.29 is 9.13 Å². The van der Waals surface area contributed by atoms with Crippen LogP contribution in [0.1, 0.15) is 5.56 Å². The van der Waals surface area contributed by atoms with Gasteiger partial charge in [-0.15, -0.1) is 0 Å². The molecule has 0 radical (unpaired) electrons. The van der Waals surface area contributed by atoms with Crippen molar-refractivity contribution in [3.05, 3.63) is 53.8 Å². The van der Waals surface area contributed by atoms with Crippen molar-refractivity contribution in [3.63, 3.8) is 0 Å². The number of aliphatic imine (C=N–C) groups is 1. The Bertz CT molecular complexity index is 625. The summed E-state index contributed by atoms with van der Waals surface area (Å²) in [6, 6.07) is 11.5. The summed E-state index contributed by atoms with van der Waals surface area (Å²) in [7, 11) is 0. The second kappa shape index (κ2) is 3.86. The predicted molar refractivity (Wildman–Crippen MR) is 65.0 cm³/mol. The smallest absolute Gasteiger partial charge is 0.153 e. The van der Waals surface area contributed by atoms with Gasteiger partial charge in [-0.05, 0) is 30.3 Å². The number of ether oxygens (including phenoxy) is 1. The lowest BCUT2D eigenvalue weighted by atomic mass is 10.2. The minimum atomic E-state index is -0.369. The van der Waals surface area contributed by atoms with Crippen LogP contribution in [-0.2, 0) is 0 Å². The Labute approximate surface area is 102 Å². The standard InChI is InChI=1S/C13H7ClFNO/c14-13-9-7-8(15)5-6-11(9)17-12-4-2-1-3-10(12)16-13/h1-7H. The Hall–Kier alpha value is -1.87. The minimum absolute atomic E-state index is 0.226. The van der Waals surface area contributed by atoms with Crippen LogP contribution in [0.5, 0.6) is 11.5 Å². The lowest BCUT2D eigenvalue weighted by molar-refractivity contribution is 0.482. The predicted octanol–water partition coefficient (Wildman–Crippen LogP) is 4.25. The molecule has 1 aliphatic rings. The van der Waals surface area contributed by atoms with Crippen molar-refractivity contribution >= 4 is 22.5 Å². The van der Waals surface area contributed by atoms with Crippen molar-refractivity contribution in [3.8, 4) is 11.5 Å². The van der Waals surface area contributed by atoms with E-state index in [9.17, 15) is 4.39 Å². The van der Waals surface area contributed by atoms with Crippen molar-refractivity contribution in [2.75, 3.05) is 0 Å². The van der Waals surface area contributed by atoms with Crippen LogP contribution in [0.4, 0.5) is 10.1 Å². The van der Waals surface area contributed by atoms with Gasteiger partial charge in [-0.1, -0.05) is 23.7 Å². The number of para-hydroxylation sites is 2. The zero-order chi connectivity index (χ0) is 11.8. The molecule has 0 aliphatic carbocycles. The summed E-state index contributed by atoms with van der Waals surface area (Å²) in [4.78, 5) is 4.21. The summed E-state index contributed by atoms with van der Waals surface area (Å²) >= 11 is 6.05. The van der Waals surface area contributed by atoms with Gasteiger partial charge >= 0.3 is 0 Å². The molecule has 0 saturated carbocycles. The molecule has 0 unspecified atom stereocenters. The van der Waals surface area contributed by atoms with E-state index in [0.29, 0.717) is 22.7 Å². The third-order valence-corrected chi connectivity index (χ3v) is 2.76. The molecule has 0 aromatic heterocycles. The molecule has 2 aromatic carbocycles. The third-order valence-electron chi connectivity index (χ3n) is 2.47. The van der Waals surface area contributed by atoms with Crippen LogP contribution in [0.2, 0.25) is 0 Å². The van der Waals surface area contributed by atoms with E-state index < -0.39 is 0 Å². The maximum absolute atomic E-state index is 13.2. The number of nitrogens with zero attached hydrogens (tertiary/aromatic N) is 1. The zero-order valence-corrected chi connectivity index (χ0v) is 9.41. The van der Waals surface area contributed by atoms with Crippen LogP contribution in [0.15, 0.2) is 47.5 Å². The highest BCUT2D eigenvalue weighted by Gasteiger charge is 2.16. The summed E-state index contributed by atoms with van der Waals surface area (Å²) in [6.07, 6.45) is 0. The molecular formula is C13H7ClFNO. The molecule has 0 N–H and O–H groups in total. The maximum Gasteiger partial charge on any atom is 0.153 e. The Morgan fingerprint density at radius 3 is 2.76 bits per heavy atom.